The maximum absolute atomic E-state index is 6.18. The van der Waals surface area contributed by atoms with E-state index < -0.39 is 0 Å². The number of rotatable bonds is 3. The third kappa shape index (κ3) is 2.77. The molecule has 0 unspecified atom stereocenters. The maximum Gasteiger partial charge on any atom is 0.163 e. The minimum absolute atomic E-state index is 0.355. The van der Waals surface area contributed by atoms with Crippen molar-refractivity contribution in [3.8, 4) is 11.4 Å². The van der Waals surface area contributed by atoms with Crippen LogP contribution in [-0.2, 0) is 11.3 Å². The van der Waals surface area contributed by atoms with Crippen LogP contribution in [0.5, 0.6) is 0 Å². The van der Waals surface area contributed by atoms with E-state index in [0.717, 1.165) is 16.3 Å². The summed E-state index contributed by atoms with van der Waals surface area (Å²) in [5.74, 6) is 0.541. The number of fused-ring (bicyclic) bond motifs is 1. The molecule has 0 radical (unpaired) electrons. The predicted molar refractivity (Wildman–Crippen MR) is 86.2 cm³/mol. The van der Waals surface area contributed by atoms with E-state index in [1.54, 1.807) is 13.3 Å². The number of ether oxygens (including phenoxy) is 1. The van der Waals surface area contributed by atoms with E-state index in [1.165, 1.54) is 0 Å². The van der Waals surface area contributed by atoms with Gasteiger partial charge in [-0.25, -0.2) is 9.97 Å². The summed E-state index contributed by atoms with van der Waals surface area (Å²) in [5, 5.41) is 2.43. The SMILES string of the molecule is COCc1nc(-c2cncc3ccccc23)nc(Cl)c1Br. The van der Waals surface area contributed by atoms with Crippen LogP contribution in [0.3, 0.4) is 0 Å². The topological polar surface area (TPSA) is 47.9 Å². The summed E-state index contributed by atoms with van der Waals surface area (Å²) in [6, 6.07) is 7.96. The zero-order chi connectivity index (χ0) is 14.8. The van der Waals surface area contributed by atoms with E-state index in [4.69, 9.17) is 16.3 Å². The van der Waals surface area contributed by atoms with Gasteiger partial charge in [0.1, 0.15) is 5.15 Å². The lowest BCUT2D eigenvalue weighted by atomic mass is 10.1. The molecule has 6 heteroatoms. The van der Waals surface area contributed by atoms with Crippen LogP contribution in [0.15, 0.2) is 41.1 Å². The van der Waals surface area contributed by atoms with Gasteiger partial charge in [0.05, 0.1) is 16.8 Å². The van der Waals surface area contributed by atoms with Gasteiger partial charge in [-0.15, -0.1) is 0 Å². The molecule has 1 aromatic carbocycles. The lowest BCUT2D eigenvalue weighted by Crippen LogP contribution is -2.00. The Morgan fingerprint density at radius 3 is 2.81 bits per heavy atom. The zero-order valence-electron chi connectivity index (χ0n) is 11.2. The maximum atomic E-state index is 6.18. The number of nitrogens with zero attached hydrogens (tertiary/aromatic N) is 3. The minimum atomic E-state index is 0.355. The van der Waals surface area contributed by atoms with Gasteiger partial charge in [0.25, 0.3) is 0 Å². The largest absolute Gasteiger partial charge is 0.378 e. The normalized spacial score (nSPS) is 11.0. The summed E-state index contributed by atoms with van der Waals surface area (Å²) in [6.45, 7) is 0.355. The van der Waals surface area contributed by atoms with Gasteiger partial charge in [0.2, 0.25) is 0 Å². The second-order valence-electron chi connectivity index (χ2n) is 4.44. The quantitative estimate of drug-likeness (QED) is 0.652. The van der Waals surface area contributed by atoms with Crippen molar-refractivity contribution in [1.82, 2.24) is 15.0 Å². The summed E-state index contributed by atoms with van der Waals surface area (Å²) in [4.78, 5) is 13.1. The van der Waals surface area contributed by atoms with E-state index in [2.05, 4.69) is 30.9 Å². The average molecular weight is 365 g/mol. The summed E-state index contributed by atoms with van der Waals surface area (Å²) in [7, 11) is 1.61. The molecule has 21 heavy (non-hydrogen) atoms. The number of hydrogen-bond acceptors (Lipinski definition) is 4. The van der Waals surface area contributed by atoms with Gasteiger partial charge < -0.3 is 4.74 Å². The summed E-state index contributed by atoms with van der Waals surface area (Å²) in [5.41, 5.74) is 1.56. The summed E-state index contributed by atoms with van der Waals surface area (Å²) >= 11 is 9.57. The molecule has 4 nitrogen and oxygen atoms in total. The third-order valence-corrected chi connectivity index (χ3v) is 4.40. The van der Waals surface area contributed by atoms with Crippen LogP contribution in [0.25, 0.3) is 22.2 Å². The molecule has 106 valence electrons. The molecule has 0 aliphatic carbocycles. The highest BCUT2D eigenvalue weighted by molar-refractivity contribution is 9.10. The average Bonchev–Trinajstić information content (AvgIpc) is 2.51. The van der Waals surface area contributed by atoms with Crippen LogP contribution >= 0.6 is 27.5 Å². The summed E-state index contributed by atoms with van der Waals surface area (Å²) < 4.78 is 5.80. The standard InChI is InChI=1S/C15H11BrClN3O/c1-21-8-12-13(16)14(17)20-15(19-12)11-7-18-6-9-4-2-3-5-10(9)11/h2-7H,8H2,1H3. The highest BCUT2D eigenvalue weighted by Crippen LogP contribution is 2.30. The van der Waals surface area contributed by atoms with Gasteiger partial charge in [-0.1, -0.05) is 35.9 Å². The molecule has 0 atom stereocenters. The van der Waals surface area contributed by atoms with Crippen molar-refractivity contribution in [2.45, 2.75) is 6.61 Å². The van der Waals surface area contributed by atoms with Crippen LogP contribution in [0.4, 0.5) is 0 Å². The molecule has 0 aliphatic heterocycles. The van der Waals surface area contributed by atoms with Crippen molar-refractivity contribution in [1.29, 1.82) is 0 Å². The first-order chi connectivity index (χ1) is 10.2. The van der Waals surface area contributed by atoms with Crippen molar-refractivity contribution in [3.05, 3.63) is 52.0 Å². The van der Waals surface area contributed by atoms with E-state index in [-0.39, 0.29) is 0 Å². The molecular weight excluding hydrogens is 354 g/mol. The molecule has 0 saturated carbocycles. The van der Waals surface area contributed by atoms with Crippen LogP contribution < -0.4 is 0 Å². The first-order valence-electron chi connectivity index (χ1n) is 6.24. The molecule has 3 aromatic rings. The van der Waals surface area contributed by atoms with Crippen molar-refractivity contribution in [2.75, 3.05) is 7.11 Å². The third-order valence-electron chi connectivity index (χ3n) is 3.07. The van der Waals surface area contributed by atoms with E-state index in [1.807, 2.05) is 30.5 Å². The highest BCUT2D eigenvalue weighted by atomic mass is 79.9. The molecule has 2 aromatic heterocycles. The molecular formula is C15H11BrClN3O. The zero-order valence-corrected chi connectivity index (χ0v) is 13.5. The second-order valence-corrected chi connectivity index (χ2v) is 5.59. The van der Waals surface area contributed by atoms with Gasteiger partial charge in [-0.3, -0.25) is 4.98 Å². The van der Waals surface area contributed by atoms with E-state index >= 15 is 0 Å². The Balaban J connectivity index is 2.23. The van der Waals surface area contributed by atoms with Crippen molar-refractivity contribution in [2.24, 2.45) is 0 Å². The molecule has 0 aliphatic rings. The monoisotopic (exact) mass is 363 g/mol. The molecule has 2 heterocycles. The lowest BCUT2D eigenvalue weighted by Gasteiger charge is -2.09. The Kier molecular flexibility index (Phi) is 4.14. The molecule has 0 bridgehead atoms. The van der Waals surface area contributed by atoms with Crippen LogP contribution in [0, 0.1) is 0 Å². The Labute approximate surface area is 135 Å². The fourth-order valence-electron chi connectivity index (χ4n) is 2.11. The number of hydrogen-bond donors (Lipinski definition) is 0. The smallest absolute Gasteiger partial charge is 0.163 e. The number of methoxy groups -OCH3 is 1. The van der Waals surface area contributed by atoms with E-state index in [0.29, 0.717) is 27.8 Å². The van der Waals surface area contributed by atoms with Crippen molar-refractivity contribution in [3.63, 3.8) is 0 Å². The molecule has 0 N–H and O–H groups in total. The van der Waals surface area contributed by atoms with Gasteiger partial charge in [0.15, 0.2) is 5.82 Å². The van der Waals surface area contributed by atoms with Gasteiger partial charge in [-0.05, 0) is 21.3 Å². The van der Waals surface area contributed by atoms with Crippen molar-refractivity contribution >= 4 is 38.3 Å². The Bertz CT molecular complexity index is 805. The molecule has 0 spiro atoms. The Hall–Kier alpha value is -1.56. The van der Waals surface area contributed by atoms with Gasteiger partial charge in [-0.2, -0.15) is 0 Å². The first kappa shape index (κ1) is 14.4. The first-order valence-corrected chi connectivity index (χ1v) is 7.41. The molecule has 3 rings (SSSR count). The fraction of sp³-hybridized carbons (Fsp3) is 0.133. The van der Waals surface area contributed by atoms with Crippen LogP contribution in [0.2, 0.25) is 5.15 Å². The lowest BCUT2D eigenvalue weighted by molar-refractivity contribution is 0.181. The van der Waals surface area contributed by atoms with Gasteiger partial charge >= 0.3 is 0 Å². The fourth-order valence-corrected chi connectivity index (χ4v) is 2.59. The highest BCUT2D eigenvalue weighted by Gasteiger charge is 2.14. The van der Waals surface area contributed by atoms with Crippen LogP contribution in [-0.4, -0.2) is 22.1 Å². The molecule has 0 amide bonds. The second kappa shape index (κ2) is 6.05. The number of aromatic nitrogens is 3. The van der Waals surface area contributed by atoms with Gasteiger partial charge in [0, 0.05) is 30.5 Å². The van der Waals surface area contributed by atoms with Crippen molar-refractivity contribution < 1.29 is 4.74 Å². The number of benzene rings is 1. The van der Waals surface area contributed by atoms with Crippen LogP contribution in [0.1, 0.15) is 5.69 Å². The number of halogens is 2. The molecule has 0 fully saturated rings. The summed E-state index contributed by atoms with van der Waals surface area (Å²) in [6.07, 6.45) is 3.56. The Morgan fingerprint density at radius 1 is 1.19 bits per heavy atom. The predicted octanol–water partition coefficient (Wildman–Crippen LogP) is 4.25. The number of pyridine rings is 1. The van der Waals surface area contributed by atoms with E-state index in [9.17, 15) is 0 Å². The Morgan fingerprint density at radius 2 is 2.00 bits per heavy atom. The minimum Gasteiger partial charge on any atom is -0.378 e. The molecule has 0 saturated heterocycles.